The van der Waals surface area contributed by atoms with Crippen LogP contribution in [0.3, 0.4) is 0 Å². The van der Waals surface area contributed by atoms with Crippen LogP contribution in [0.5, 0.6) is 5.75 Å². The number of carbonyl (C=O) groups is 1. The van der Waals surface area contributed by atoms with Crippen molar-refractivity contribution in [3.05, 3.63) is 30.2 Å². The van der Waals surface area contributed by atoms with E-state index in [9.17, 15) is 4.79 Å². The minimum Gasteiger partial charge on any atom is -0.497 e. The second-order valence-electron chi connectivity index (χ2n) is 6.38. The molecule has 1 fully saturated rings. The summed E-state index contributed by atoms with van der Waals surface area (Å²) in [7, 11) is 1.62. The maximum Gasteiger partial charge on any atom is 0.227 e. The van der Waals surface area contributed by atoms with Gasteiger partial charge < -0.3 is 19.9 Å². The molecule has 0 aliphatic carbocycles. The van der Waals surface area contributed by atoms with E-state index < -0.39 is 0 Å². The molecule has 0 saturated carbocycles. The predicted octanol–water partition coefficient (Wildman–Crippen LogP) is 1.93. The molecule has 7 heteroatoms. The smallest absolute Gasteiger partial charge is 0.227 e. The number of aryl methyl sites for hydroxylation is 1. The number of rotatable bonds is 6. The first-order valence-electron chi connectivity index (χ1n) is 8.64. The van der Waals surface area contributed by atoms with E-state index >= 15 is 0 Å². The van der Waals surface area contributed by atoms with Gasteiger partial charge in [-0.3, -0.25) is 4.79 Å². The molecule has 0 bridgehead atoms. The lowest BCUT2D eigenvalue weighted by molar-refractivity contribution is -0.122. The number of piperidine rings is 1. The van der Waals surface area contributed by atoms with E-state index in [1.807, 2.05) is 24.3 Å². The summed E-state index contributed by atoms with van der Waals surface area (Å²) in [4.78, 5) is 16.5. The Kier molecular flexibility index (Phi) is 5.65. The highest BCUT2D eigenvalue weighted by atomic mass is 16.5. The van der Waals surface area contributed by atoms with Gasteiger partial charge in [0, 0.05) is 30.5 Å². The van der Waals surface area contributed by atoms with E-state index in [0.717, 1.165) is 30.7 Å². The lowest BCUT2D eigenvalue weighted by Crippen LogP contribution is -2.46. The summed E-state index contributed by atoms with van der Waals surface area (Å²) in [6, 6.07) is 8.14. The van der Waals surface area contributed by atoms with Gasteiger partial charge in [-0.15, -0.1) is 0 Å². The van der Waals surface area contributed by atoms with Gasteiger partial charge in [-0.1, -0.05) is 5.16 Å². The summed E-state index contributed by atoms with van der Waals surface area (Å²) < 4.78 is 10.4. The van der Waals surface area contributed by atoms with Gasteiger partial charge in [0.2, 0.25) is 17.6 Å². The van der Waals surface area contributed by atoms with Crippen molar-refractivity contribution >= 4 is 5.91 Å². The van der Waals surface area contributed by atoms with Crippen LogP contribution in [0.4, 0.5) is 0 Å². The fourth-order valence-electron chi connectivity index (χ4n) is 3.00. The van der Waals surface area contributed by atoms with Crippen LogP contribution in [0.2, 0.25) is 0 Å². The lowest BCUT2D eigenvalue weighted by atomic mass is 10.0. The van der Waals surface area contributed by atoms with Crippen LogP contribution >= 0.6 is 0 Å². The molecule has 134 valence electrons. The molecule has 1 aliphatic heterocycles. The first-order chi connectivity index (χ1) is 12.1. The fourth-order valence-corrected chi connectivity index (χ4v) is 3.00. The molecule has 2 N–H and O–H groups in total. The second kappa shape index (κ2) is 8.11. The third-order valence-electron chi connectivity index (χ3n) is 4.37. The average Bonchev–Trinajstić information content (AvgIpc) is 3.09. The Balaban J connectivity index is 1.50. The summed E-state index contributed by atoms with van der Waals surface area (Å²) in [5.41, 5.74) is 0.851. The Morgan fingerprint density at radius 2 is 2.20 bits per heavy atom. The molecule has 0 radical (unpaired) electrons. The van der Waals surface area contributed by atoms with Crippen LogP contribution in [0.1, 0.15) is 32.1 Å². The van der Waals surface area contributed by atoms with Crippen molar-refractivity contribution in [1.82, 2.24) is 20.8 Å². The van der Waals surface area contributed by atoms with Crippen LogP contribution in [0.15, 0.2) is 28.8 Å². The van der Waals surface area contributed by atoms with E-state index in [1.54, 1.807) is 7.11 Å². The van der Waals surface area contributed by atoms with Crippen molar-refractivity contribution in [2.24, 2.45) is 0 Å². The highest BCUT2D eigenvalue weighted by molar-refractivity contribution is 5.76. The first kappa shape index (κ1) is 17.4. The van der Waals surface area contributed by atoms with Crippen LogP contribution in [0, 0.1) is 0 Å². The Bertz CT molecular complexity index is 699. The maximum atomic E-state index is 12.1. The normalized spacial score (nSPS) is 20.2. The number of aromatic nitrogens is 2. The fraction of sp³-hybridized carbons (Fsp3) is 0.500. The van der Waals surface area contributed by atoms with Gasteiger partial charge in [0.15, 0.2) is 0 Å². The van der Waals surface area contributed by atoms with Gasteiger partial charge in [0.1, 0.15) is 5.75 Å². The van der Waals surface area contributed by atoms with Crippen molar-refractivity contribution in [2.75, 3.05) is 13.7 Å². The molecule has 1 aromatic carbocycles. The molecular formula is C18H24N4O3. The zero-order valence-corrected chi connectivity index (χ0v) is 14.6. The number of hydrogen-bond acceptors (Lipinski definition) is 6. The van der Waals surface area contributed by atoms with E-state index in [-0.39, 0.29) is 11.9 Å². The van der Waals surface area contributed by atoms with Crippen molar-refractivity contribution in [3.63, 3.8) is 0 Å². The van der Waals surface area contributed by atoms with E-state index in [0.29, 0.717) is 30.6 Å². The van der Waals surface area contributed by atoms with E-state index in [2.05, 4.69) is 27.7 Å². The zero-order chi connectivity index (χ0) is 17.6. The molecule has 2 heterocycles. The standard InChI is InChI=1S/C18H24N4O3/c1-12-11-14(9-10-19-12)20-16(23)7-8-17-21-18(22-25-17)13-3-5-15(24-2)6-4-13/h3-6,12,14,19H,7-11H2,1-2H3,(H,20,23). The number of amides is 1. The summed E-state index contributed by atoms with van der Waals surface area (Å²) in [6.07, 6.45) is 2.73. The number of nitrogens with one attached hydrogen (secondary N) is 2. The minimum atomic E-state index is 0.0308. The molecule has 2 aromatic rings. The van der Waals surface area contributed by atoms with Gasteiger partial charge in [-0.25, -0.2) is 0 Å². The van der Waals surface area contributed by atoms with Crippen molar-refractivity contribution in [3.8, 4) is 17.1 Å². The zero-order valence-electron chi connectivity index (χ0n) is 14.6. The quantitative estimate of drug-likeness (QED) is 0.832. The second-order valence-corrected chi connectivity index (χ2v) is 6.38. The molecule has 1 saturated heterocycles. The van der Waals surface area contributed by atoms with Gasteiger partial charge in [-0.05, 0) is 50.6 Å². The summed E-state index contributed by atoms with van der Waals surface area (Å²) >= 11 is 0. The van der Waals surface area contributed by atoms with Crippen molar-refractivity contribution < 1.29 is 14.1 Å². The maximum absolute atomic E-state index is 12.1. The predicted molar refractivity (Wildman–Crippen MR) is 93.2 cm³/mol. The Hall–Kier alpha value is -2.41. The molecule has 25 heavy (non-hydrogen) atoms. The highest BCUT2D eigenvalue weighted by Gasteiger charge is 2.20. The molecule has 2 atom stereocenters. The number of ether oxygens (including phenoxy) is 1. The Morgan fingerprint density at radius 1 is 1.40 bits per heavy atom. The molecule has 1 aliphatic rings. The van der Waals surface area contributed by atoms with Gasteiger partial charge in [-0.2, -0.15) is 4.98 Å². The van der Waals surface area contributed by atoms with Crippen LogP contribution in [-0.2, 0) is 11.2 Å². The first-order valence-corrected chi connectivity index (χ1v) is 8.64. The number of hydrogen-bond donors (Lipinski definition) is 2. The molecular weight excluding hydrogens is 320 g/mol. The number of nitrogens with zero attached hydrogens (tertiary/aromatic N) is 2. The summed E-state index contributed by atoms with van der Waals surface area (Å²) in [5, 5.41) is 10.4. The molecule has 1 amide bonds. The minimum absolute atomic E-state index is 0.0308. The van der Waals surface area contributed by atoms with Crippen LogP contribution < -0.4 is 15.4 Å². The number of carbonyl (C=O) groups excluding carboxylic acids is 1. The highest BCUT2D eigenvalue weighted by Crippen LogP contribution is 2.20. The molecule has 7 nitrogen and oxygen atoms in total. The van der Waals surface area contributed by atoms with Gasteiger partial charge in [0.25, 0.3) is 0 Å². The summed E-state index contributed by atoms with van der Waals surface area (Å²) in [6.45, 7) is 3.08. The molecule has 0 spiro atoms. The van der Waals surface area contributed by atoms with E-state index in [4.69, 9.17) is 9.26 Å². The van der Waals surface area contributed by atoms with E-state index in [1.165, 1.54) is 0 Å². The molecule has 1 aromatic heterocycles. The molecule has 2 unspecified atom stereocenters. The van der Waals surface area contributed by atoms with Gasteiger partial charge >= 0.3 is 0 Å². The van der Waals surface area contributed by atoms with Crippen molar-refractivity contribution in [1.29, 1.82) is 0 Å². The monoisotopic (exact) mass is 344 g/mol. The number of benzene rings is 1. The third kappa shape index (κ3) is 4.79. The van der Waals surface area contributed by atoms with Gasteiger partial charge in [0.05, 0.1) is 7.11 Å². The summed E-state index contributed by atoms with van der Waals surface area (Å²) in [5.74, 6) is 1.80. The topological polar surface area (TPSA) is 89.3 Å². The van der Waals surface area contributed by atoms with Crippen molar-refractivity contribution in [2.45, 2.75) is 44.7 Å². The largest absolute Gasteiger partial charge is 0.497 e. The average molecular weight is 344 g/mol. The van der Waals surface area contributed by atoms with Crippen LogP contribution in [-0.4, -0.2) is 41.8 Å². The van der Waals surface area contributed by atoms with Crippen LogP contribution in [0.25, 0.3) is 11.4 Å². The molecule has 3 rings (SSSR count). The lowest BCUT2D eigenvalue weighted by Gasteiger charge is -2.28. The Labute approximate surface area is 147 Å². The Morgan fingerprint density at radius 3 is 2.92 bits per heavy atom. The third-order valence-corrected chi connectivity index (χ3v) is 4.37. The number of methoxy groups -OCH3 is 1. The SMILES string of the molecule is COc1ccc(-c2noc(CCC(=O)NC3CCNC(C)C3)n2)cc1.